The first-order valence-electron chi connectivity index (χ1n) is 9.74. The number of hydrogen-bond acceptors (Lipinski definition) is 9. The Hall–Kier alpha value is -2.76. The predicted molar refractivity (Wildman–Crippen MR) is 129 cm³/mol. The van der Waals surface area contributed by atoms with Gasteiger partial charge in [0.1, 0.15) is 14.5 Å². The molecule has 0 atom stereocenters. The monoisotopic (exact) mass is 488 g/mol. The van der Waals surface area contributed by atoms with E-state index in [1.807, 2.05) is 25.3 Å². The molecule has 0 saturated heterocycles. The number of ether oxygens (including phenoxy) is 1. The number of nitrogens with zero attached hydrogens (tertiary/aromatic N) is 3. The van der Waals surface area contributed by atoms with Gasteiger partial charge in [-0.25, -0.2) is 14.8 Å². The second-order valence-corrected chi connectivity index (χ2v) is 9.86. The van der Waals surface area contributed by atoms with Crippen molar-refractivity contribution in [3.63, 3.8) is 0 Å². The highest BCUT2D eigenvalue weighted by Gasteiger charge is 2.24. The first-order chi connectivity index (χ1) is 15.3. The molecule has 0 spiro atoms. The van der Waals surface area contributed by atoms with Gasteiger partial charge < -0.3 is 10.1 Å². The Morgan fingerprint density at radius 3 is 2.78 bits per heavy atom. The number of pyridine rings is 1. The molecule has 0 saturated carbocycles. The van der Waals surface area contributed by atoms with Gasteiger partial charge in [-0.15, -0.1) is 22.7 Å². The third-order valence-corrected chi connectivity index (χ3v) is 7.61. The van der Waals surface area contributed by atoms with Crippen molar-refractivity contribution in [2.45, 2.75) is 25.9 Å². The zero-order valence-electron chi connectivity index (χ0n) is 17.8. The molecule has 0 aliphatic carbocycles. The lowest BCUT2D eigenvalue weighted by atomic mass is 10.1. The highest BCUT2D eigenvalue weighted by atomic mass is 32.2. The molecule has 0 unspecified atom stereocenters. The molecular formula is C21H20N4O4S3. The Labute approximate surface area is 195 Å². The second kappa shape index (κ2) is 9.00. The second-order valence-electron chi connectivity index (χ2n) is 7.02. The molecule has 0 bridgehead atoms. The topological polar surface area (TPSA) is 103 Å². The van der Waals surface area contributed by atoms with Gasteiger partial charge in [0.15, 0.2) is 5.16 Å². The van der Waals surface area contributed by atoms with E-state index >= 15 is 0 Å². The maximum atomic E-state index is 12.8. The van der Waals surface area contributed by atoms with Crippen LogP contribution in [0.4, 0.5) is 5.69 Å². The molecule has 11 heteroatoms. The van der Waals surface area contributed by atoms with Gasteiger partial charge in [0.05, 0.1) is 23.4 Å². The van der Waals surface area contributed by atoms with Crippen molar-refractivity contribution in [3.05, 3.63) is 44.0 Å². The van der Waals surface area contributed by atoms with Crippen molar-refractivity contribution in [1.82, 2.24) is 14.5 Å². The lowest BCUT2D eigenvalue weighted by molar-refractivity contribution is -0.113. The number of thioether (sulfide) groups is 1. The molecular weight excluding hydrogens is 468 g/mol. The summed E-state index contributed by atoms with van der Waals surface area (Å²) in [7, 11) is 1.63. The SMILES string of the molecule is CCOC(=O)c1sc2nc(C)cc(C)c2c1NC(=O)CSc1nc2sccc2c(=O)n1C. The number of aromatic nitrogens is 3. The van der Waals surface area contributed by atoms with E-state index in [1.165, 1.54) is 27.2 Å². The highest BCUT2D eigenvalue weighted by molar-refractivity contribution is 7.99. The Kier molecular flexibility index (Phi) is 6.31. The summed E-state index contributed by atoms with van der Waals surface area (Å²) in [6.07, 6.45) is 0. The molecule has 4 aromatic heterocycles. The van der Waals surface area contributed by atoms with Crippen LogP contribution >= 0.6 is 34.4 Å². The average molecular weight is 489 g/mol. The molecule has 4 rings (SSSR count). The van der Waals surface area contributed by atoms with Crippen molar-refractivity contribution in [2.75, 3.05) is 17.7 Å². The number of carbonyl (C=O) groups is 2. The van der Waals surface area contributed by atoms with E-state index in [0.717, 1.165) is 28.4 Å². The van der Waals surface area contributed by atoms with Crippen molar-refractivity contribution in [1.29, 1.82) is 0 Å². The van der Waals surface area contributed by atoms with Crippen LogP contribution in [0.1, 0.15) is 27.9 Å². The summed E-state index contributed by atoms with van der Waals surface area (Å²) in [5, 5.41) is 6.43. The number of hydrogen-bond donors (Lipinski definition) is 1. The zero-order valence-corrected chi connectivity index (χ0v) is 20.3. The Balaban J connectivity index is 1.62. The maximum Gasteiger partial charge on any atom is 0.350 e. The Morgan fingerprint density at radius 2 is 2.03 bits per heavy atom. The van der Waals surface area contributed by atoms with E-state index < -0.39 is 5.97 Å². The molecule has 1 N–H and O–H groups in total. The molecule has 0 radical (unpaired) electrons. The minimum absolute atomic E-state index is 0.0229. The molecule has 4 heterocycles. The smallest absolute Gasteiger partial charge is 0.350 e. The van der Waals surface area contributed by atoms with Crippen molar-refractivity contribution >= 4 is 72.4 Å². The summed E-state index contributed by atoms with van der Waals surface area (Å²) in [5.74, 6) is -0.793. The minimum Gasteiger partial charge on any atom is -0.462 e. The first-order valence-corrected chi connectivity index (χ1v) is 12.4. The minimum atomic E-state index is -0.497. The molecule has 4 aromatic rings. The summed E-state index contributed by atoms with van der Waals surface area (Å²) < 4.78 is 6.62. The molecule has 0 aromatic carbocycles. The van der Waals surface area contributed by atoms with E-state index in [2.05, 4.69) is 15.3 Å². The van der Waals surface area contributed by atoms with E-state index in [1.54, 1.807) is 20.0 Å². The van der Waals surface area contributed by atoms with E-state index in [9.17, 15) is 14.4 Å². The average Bonchev–Trinajstić information content (AvgIpc) is 3.34. The highest BCUT2D eigenvalue weighted by Crippen LogP contribution is 2.38. The number of carbonyl (C=O) groups excluding carboxylic acids is 2. The lowest BCUT2D eigenvalue weighted by Crippen LogP contribution is -2.21. The number of nitrogens with one attached hydrogen (secondary N) is 1. The van der Waals surface area contributed by atoms with Crippen molar-refractivity contribution in [3.8, 4) is 0 Å². The number of thiophene rings is 2. The van der Waals surface area contributed by atoms with Gasteiger partial charge in [-0.3, -0.25) is 14.2 Å². The van der Waals surface area contributed by atoms with Crippen LogP contribution in [0, 0.1) is 13.8 Å². The third-order valence-electron chi connectivity index (χ3n) is 4.71. The van der Waals surface area contributed by atoms with Crippen LogP contribution in [0.15, 0.2) is 27.5 Å². The third kappa shape index (κ3) is 4.15. The van der Waals surface area contributed by atoms with Crippen LogP contribution in [0.5, 0.6) is 0 Å². The zero-order chi connectivity index (χ0) is 23.0. The quantitative estimate of drug-likeness (QED) is 0.247. The fourth-order valence-corrected chi connectivity index (χ4v) is 6.04. The summed E-state index contributed by atoms with van der Waals surface area (Å²) in [5.41, 5.74) is 2.00. The molecule has 0 aliphatic heterocycles. The molecule has 1 amide bonds. The number of amides is 1. The number of fused-ring (bicyclic) bond motifs is 2. The van der Waals surface area contributed by atoms with Gasteiger partial charge >= 0.3 is 5.97 Å². The van der Waals surface area contributed by atoms with Crippen molar-refractivity contribution in [2.24, 2.45) is 7.05 Å². The maximum absolute atomic E-state index is 12.8. The molecule has 8 nitrogen and oxygen atoms in total. The number of rotatable bonds is 6. The van der Waals surface area contributed by atoms with Gasteiger partial charge in [0.2, 0.25) is 5.91 Å². The van der Waals surface area contributed by atoms with Crippen LogP contribution in [-0.2, 0) is 16.6 Å². The van der Waals surface area contributed by atoms with Crippen LogP contribution in [-0.4, -0.2) is 38.8 Å². The van der Waals surface area contributed by atoms with Gasteiger partial charge in [-0.1, -0.05) is 11.8 Å². The van der Waals surface area contributed by atoms with Gasteiger partial charge in [-0.2, -0.15) is 0 Å². The summed E-state index contributed by atoms with van der Waals surface area (Å²) in [6, 6.07) is 3.65. The van der Waals surface area contributed by atoms with Crippen LogP contribution < -0.4 is 10.9 Å². The lowest BCUT2D eigenvalue weighted by Gasteiger charge is -2.10. The van der Waals surface area contributed by atoms with Crippen molar-refractivity contribution < 1.29 is 14.3 Å². The van der Waals surface area contributed by atoms with Gasteiger partial charge in [-0.05, 0) is 43.8 Å². The molecule has 0 aliphatic rings. The molecule has 166 valence electrons. The van der Waals surface area contributed by atoms with E-state index in [-0.39, 0.29) is 23.8 Å². The van der Waals surface area contributed by atoms with Gasteiger partial charge in [0.25, 0.3) is 5.56 Å². The first kappa shape index (κ1) is 22.4. The van der Waals surface area contributed by atoms with Crippen LogP contribution in [0.2, 0.25) is 0 Å². The Morgan fingerprint density at radius 1 is 1.25 bits per heavy atom. The van der Waals surface area contributed by atoms with E-state index in [0.29, 0.717) is 30.8 Å². The largest absolute Gasteiger partial charge is 0.462 e. The summed E-state index contributed by atoms with van der Waals surface area (Å²) in [4.78, 5) is 48.5. The number of aryl methyl sites for hydroxylation is 2. The molecule has 0 fully saturated rings. The predicted octanol–water partition coefficient (Wildman–Crippen LogP) is 4.13. The normalized spacial score (nSPS) is 11.2. The summed E-state index contributed by atoms with van der Waals surface area (Å²) >= 11 is 3.74. The molecule has 32 heavy (non-hydrogen) atoms. The fourth-order valence-electron chi connectivity index (χ4n) is 3.32. The number of esters is 1. The van der Waals surface area contributed by atoms with Crippen LogP contribution in [0.3, 0.4) is 0 Å². The van der Waals surface area contributed by atoms with E-state index in [4.69, 9.17) is 4.74 Å². The summed E-state index contributed by atoms with van der Waals surface area (Å²) in [6.45, 7) is 5.76. The van der Waals surface area contributed by atoms with Crippen LogP contribution in [0.25, 0.3) is 20.4 Å². The fraction of sp³-hybridized carbons (Fsp3) is 0.286. The van der Waals surface area contributed by atoms with Gasteiger partial charge in [0, 0.05) is 18.1 Å². The Bertz CT molecular complexity index is 1420. The standard InChI is InChI=1S/C21H20N4O4S3/c1-5-29-20(28)16-15(14-10(2)8-11(3)22-18(14)32-16)23-13(26)9-31-21-24-17-12(6-7-30-17)19(27)25(21)4/h6-8H,5,9H2,1-4H3,(H,23,26). The number of anilines is 1.